The number of rotatable bonds is 6. The Hall–Kier alpha value is -3.13. The fourth-order valence-corrected chi connectivity index (χ4v) is 3.24. The molecule has 0 spiro atoms. The monoisotopic (exact) mass is 418 g/mol. The summed E-state index contributed by atoms with van der Waals surface area (Å²) < 4.78 is 46.5. The van der Waals surface area contributed by atoms with E-state index in [1.165, 1.54) is 6.07 Å². The average molecular weight is 418 g/mol. The molecule has 2 N–H and O–H groups in total. The number of nitrogens with zero attached hydrogens (tertiary/aromatic N) is 1. The third kappa shape index (κ3) is 4.38. The van der Waals surface area contributed by atoms with Gasteiger partial charge in [-0.25, -0.2) is 9.78 Å². The number of halogens is 3. The van der Waals surface area contributed by atoms with Gasteiger partial charge in [0.25, 0.3) is 0 Å². The number of imidazole rings is 1. The smallest absolute Gasteiger partial charge is 0.433 e. The topological polar surface area (TPSA) is 75.2 Å². The predicted octanol–water partition coefficient (Wildman–Crippen LogP) is 5.44. The largest absolute Gasteiger partial charge is 0.478 e. The van der Waals surface area contributed by atoms with Crippen molar-refractivity contribution in [2.24, 2.45) is 0 Å². The van der Waals surface area contributed by atoms with Crippen molar-refractivity contribution in [3.05, 3.63) is 75.7 Å². The molecule has 30 heavy (non-hydrogen) atoms. The van der Waals surface area contributed by atoms with Crippen LogP contribution < -0.4 is 0 Å². The summed E-state index contributed by atoms with van der Waals surface area (Å²) in [5, 5.41) is 9.44. The summed E-state index contributed by atoms with van der Waals surface area (Å²) in [6.45, 7) is 5.06. The SMILES string of the molecule is Cc1c(C(=O)O)cc(-c2nc(COCc3ccccc3)[nH]c2C(F)(F)F)c(C)c1C. The first-order valence-corrected chi connectivity index (χ1v) is 9.21. The van der Waals surface area contributed by atoms with Crippen LogP contribution in [-0.2, 0) is 24.1 Å². The summed E-state index contributed by atoms with van der Waals surface area (Å²) in [4.78, 5) is 18.0. The number of hydrogen-bond acceptors (Lipinski definition) is 3. The van der Waals surface area contributed by atoms with Crippen LogP contribution in [0.2, 0.25) is 0 Å². The summed E-state index contributed by atoms with van der Waals surface area (Å²) in [6, 6.07) is 10.5. The van der Waals surface area contributed by atoms with E-state index in [0.29, 0.717) is 16.7 Å². The number of carbonyl (C=O) groups is 1. The quantitative estimate of drug-likeness (QED) is 0.559. The van der Waals surface area contributed by atoms with Crippen LogP contribution >= 0.6 is 0 Å². The molecule has 158 valence electrons. The van der Waals surface area contributed by atoms with E-state index in [9.17, 15) is 23.1 Å². The Morgan fingerprint density at radius 3 is 2.33 bits per heavy atom. The molecule has 1 heterocycles. The molecule has 0 unspecified atom stereocenters. The fourth-order valence-electron chi connectivity index (χ4n) is 3.24. The number of carboxylic acid groups (broad SMARTS) is 1. The third-order valence-electron chi connectivity index (χ3n) is 5.09. The molecule has 0 aliphatic rings. The van der Waals surface area contributed by atoms with Crippen LogP contribution in [0, 0.1) is 20.8 Å². The lowest BCUT2D eigenvalue weighted by Gasteiger charge is -2.15. The molecule has 0 saturated heterocycles. The lowest BCUT2D eigenvalue weighted by molar-refractivity contribution is -0.140. The molecule has 0 aliphatic carbocycles. The van der Waals surface area contributed by atoms with Crippen molar-refractivity contribution in [1.82, 2.24) is 9.97 Å². The summed E-state index contributed by atoms with van der Waals surface area (Å²) in [5.74, 6) is -1.19. The van der Waals surface area contributed by atoms with Gasteiger partial charge in [-0.2, -0.15) is 13.2 Å². The highest BCUT2D eigenvalue weighted by atomic mass is 19.4. The average Bonchev–Trinajstić information content (AvgIpc) is 3.11. The van der Waals surface area contributed by atoms with E-state index in [1.54, 1.807) is 20.8 Å². The van der Waals surface area contributed by atoms with E-state index in [2.05, 4.69) is 9.97 Å². The third-order valence-corrected chi connectivity index (χ3v) is 5.09. The number of hydrogen-bond donors (Lipinski definition) is 2. The number of aromatic nitrogens is 2. The number of ether oxygens (including phenoxy) is 1. The van der Waals surface area contributed by atoms with Crippen LogP contribution in [0.3, 0.4) is 0 Å². The molecule has 3 rings (SSSR count). The fraction of sp³-hybridized carbons (Fsp3) is 0.273. The van der Waals surface area contributed by atoms with Crippen molar-refractivity contribution in [2.75, 3.05) is 0 Å². The minimum atomic E-state index is -4.69. The second-order valence-corrected chi connectivity index (χ2v) is 7.04. The van der Waals surface area contributed by atoms with Gasteiger partial charge < -0.3 is 14.8 Å². The van der Waals surface area contributed by atoms with Crippen molar-refractivity contribution in [3.8, 4) is 11.3 Å². The van der Waals surface area contributed by atoms with Gasteiger partial charge >= 0.3 is 12.1 Å². The number of carboxylic acids is 1. The highest BCUT2D eigenvalue weighted by molar-refractivity contribution is 5.92. The molecule has 8 heteroatoms. The Kier molecular flexibility index (Phi) is 5.98. The first-order chi connectivity index (χ1) is 14.1. The van der Waals surface area contributed by atoms with Crippen LogP contribution in [0.1, 0.15) is 44.1 Å². The lowest BCUT2D eigenvalue weighted by Crippen LogP contribution is -2.09. The minimum Gasteiger partial charge on any atom is -0.478 e. The van der Waals surface area contributed by atoms with Crippen molar-refractivity contribution >= 4 is 5.97 Å². The predicted molar refractivity (Wildman–Crippen MR) is 105 cm³/mol. The van der Waals surface area contributed by atoms with Crippen LogP contribution in [0.5, 0.6) is 0 Å². The summed E-state index contributed by atoms with van der Waals surface area (Å²) in [5.41, 5.74) is 1.29. The number of alkyl halides is 3. The minimum absolute atomic E-state index is 0.0164. The van der Waals surface area contributed by atoms with Gasteiger partial charge in [0.05, 0.1) is 12.2 Å². The van der Waals surface area contributed by atoms with Crippen molar-refractivity contribution in [3.63, 3.8) is 0 Å². The summed E-state index contributed by atoms with van der Waals surface area (Å²) in [6.07, 6.45) is -4.69. The van der Waals surface area contributed by atoms with Crippen LogP contribution in [0.4, 0.5) is 13.2 Å². The highest BCUT2D eigenvalue weighted by Crippen LogP contribution is 2.38. The van der Waals surface area contributed by atoms with Gasteiger partial charge in [0.1, 0.15) is 23.8 Å². The molecular formula is C22H21F3N2O3. The van der Waals surface area contributed by atoms with E-state index < -0.39 is 17.8 Å². The van der Waals surface area contributed by atoms with E-state index in [1.807, 2.05) is 30.3 Å². The highest BCUT2D eigenvalue weighted by Gasteiger charge is 2.38. The van der Waals surface area contributed by atoms with Gasteiger partial charge in [-0.1, -0.05) is 30.3 Å². The van der Waals surface area contributed by atoms with Gasteiger partial charge in [-0.05, 0) is 49.1 Å². The van der Waals surface area contributed by atoms with Crippen LogP contribution in [-0.4, -0.2) is 21.0 Å². The molecule has 3 aromatic rings. The molecule has 0 radical (unpaired) electrons. The van der Waals surface area contributed by atoms with E-state index in [-0.39, 0.29) is 35.9 Å². The van der Waals surface area contributed by atoms with Crippen LogP contribution in [0.15, 0.2) is 36.4 Å². The maximum atomic E-state index is 13.7. The van der Waals surface area contributed by atoms with Crippen LogP contribution in [0.25, 0.3) is 11.3 Å². The molecule has 0 amide bonds. The standard InChI is InChI=1S/C22H21F3N2O3/c1-12-13(2)16(9-17(14(12)3)21(28)29)19-20(22(23,24)25)27-18(26-19)11-30-10-15-7-5-4-6-8-15/h4-9H,10-11H2,1-3H3,(H,26,27)(H,28,29). The van der Waals surface area contributed by atoms with E-state index >= 15 is 0 Å². The Balaban J connectivity index is 1.99. The molecule has 0 saturated carbocycles. The Bertz CT molecular complexity index is 1070. The number of nitrogens with one attached hydrogen (secondary N) is 1. The first kappa shape index (κ1) is 21.6. The number of aromatic amines is 1. The van der Waals surface area contributed by atoms with Gasteiger partial charge in [-0.3, -0.25) is 0 Å². The van der Waals surface area contributed by atoms with Crippen molar-refractivity contribution < 1.29 is 27.8 Å². The molecule has 5 nitrogen and oxygen atoms in total. The zero-order valence-corrected chi connectivity index (χ0v) is 16.7. The molecular weight excluding hydrogens is 397 g/mol. The van der Waals surface area contributed by atoms with Gasteiger partial charge in [0, 0.05) is 5.56 Å². The second kappa shape index (κ2) is 8.31. The Morgan fingerprint density at radius 1 is 1.07 bits per heavy atom. The number of H-pyrrole nitrogens is 1. The van der Waals surface area contributed by atoms with Gasteiger partial charge in [-0.15, -0.1) is 0 Å². The zero-order valence-electron chi connectivity index (χ0n) is 16.7. The van der Waals surface area contributed by atoms with Gasteiger partial charge in [0.2, 0.25) is 0 Å². The Labute approximate surface area is 171 Å². The molecule has 0 atom stereocenters. The summed E-state index contributed by atoms with van der Waals surface area (Å²) >= 11 is 0. The molecule has 0 bridgehead atoms. The normalized spacial score (nSPS) is 11.7. The summed E-state index contributed by atoms with van der Waals surface area (Å²) in [7, 11) is 0. The Morgan fingerprint density at radius 2 is 1.73 bits per heavy atom. The van der Waals surface area contributed by atoms with Gasteiger partial charge in [0.15, 0.2) is 0 Å². The lowest BCUT2D eigenvalue weighted by atomic mass is 9.92. The molecule has 0 aliphatic heterocycles. The van der Waals surface area contributed by atoms with E-state index in [0.717, 1.165) is 5.56 Å². The molecule has 0 fully saturated rings. The first-order valence-electron chi connectivity index (χ1n) is 9.21. The number of benzene rings is 2. The maximum absolute atomic E-state index is 13.7. The second-order valence-electron chi connectivity index (χ2n) is 7.04. The molecule has 2 aromatic carbocycles. The zero-order chi connectivity index (χ0) is 22.1. The van der Waals surface area contributed by atoms with E-state index in [4.69, 9.17) is 4.74 Å². The number of aromatic carboxylic acids is 1. The van der Waals surface area contributed by atoms with Crippen molar-refractivity contribution in [2.45, 2.75) is 40.2 Å². The van der Waals surface area contributed by atoms with Crippen molar-refractivity contribution in [1.29, 1.82) is 0 Å². The molecule has 1 aromatic heterocycles. The maximum Gasteiger partial charge on any atom is 0.433 e.